The van der Waals surface area contributed by atoms with Gasteiger partial charge in [-0.3, -0.25) is 14.2 Å². The van der Waals surface area contributed by atoms with E-state index < -0.39 is 0 Å². The first-order valence-corrected chi connectivity index (χ1v) is 11.8. The summed E-state index contributed by atoms with van der Waals surface area (Å²) in [7, 11) is 1.80. The first kappa shape index (κ1) is 21.5. The molecule has 3 heterocycles. The maximum atomic E-state index is 13.2. The molecule has 2 aromatic carbocycles. The van der Waals surface area contributed by atoms with E-state index in [0.717, 1.165) is 62.6 Å². The standard InChI is InChI=1S/C26H30N4O3/c1-3-29-17-19(33-23-10-7-6-9-22(23)29)16-28(2)25(31)18-12-13-20-21(15-18)27-24-11-5-4-8-14-30(24)26(20)32/h6-7,9-10,12-13,15,19H,3-5,8,11,14,16-17H2,1-2H3. The van der Waals surface area contributed by atoms with E-state index in [4.69, 9.17) is 9.72 Å². The number of rotatable bonds is 4. The van der Waals surface area contributed by atoms with Crippen LogP contribution >= 0.6 is 0 Å². The summed E-state index contributed by atoms with van der Waals surface area (Å²) in [4.78, 5) is 34.9. The number of fused-ring (bicyclic) bond motifs is 3. The number of hydrogen-bond donors (Lipinski definition) is 0. The minimum Gasteiger partial charge on any atom is -0.485 e. The van der Waals surface area contributed by atoms with Crippen LogP contribution in [0, 0.1) is 0 Å². The highest BCUT2D eigenvalue weighted by Gasteiger charge is 2.27. The van der Waals surface area contributed by atoms with Crippen LogP contribution in [0.15, 0.2) is 47.3 Å². The van der Waals surface area contributed by atoms with E-state index in [2.05, 4.69) is 17.9 Å². The maximum Gasteiger partial charge on any atom is 0.261 e. The van der Waals surface area contributed by atoms with Crippen LogP contribution in [0.4, 0.5) is 5.69 Å². The molecule has 5 rings (SSSR count). The number of aromatic nitrogens is 2. The molecule has 1 atom stereocenters. The van der Waals surface area contributed by atoms with Gasteiger partial charge in [-0.15, -0.1) is 0 Å². The van der Waals surface area contributed by atoms with E-state index in [9.17, 15) is 9.59 Å². The first-order valence-electron chi connectivity index (χ1n) is 11.8. The number of hydrogen-bond acceptors (Lipinski definition) is 5. The third-order valence-corrected chi connectivity index (χ3v) is 6.69. The molecule has 172 valence electrons. The minimum absolute atomic E-state index is 0.00168. The normalized spacial score (nSPS) is 17.6. The van der Waals surface area contributed by atoms with E-state index in [1.165, 1.54) is 0 Å². The fourth-order valence-corrected chi connectivity index (χ4v) is 4.93. The number of amides is 1. The molecule has 0 bridgehead atoms. The Labute approximate surface area is 193 Å². The molecule has 1 aromatic heterocycles. The summed E-state index contributed by atoms with van der Waals surface area (Å²) < 4.78 is 7.99. The topological polar surface area (TPSA) is 67.7 Å². The molecule has 33 heavy (non-hydrogen) atoms. The van der Waals surface area contributed by atoms with Crippen molar-refractivity contribution in [1.29, 1.82) is 0 Å². The first-order chi connectivity index (χ1) is 16.0. The predicted molar refractivity (Wildman–Crippen MR) is 129 cm³/mol. The molecule has 0 saturated heterocycles. The van der Waals surface area contributed by atoms with E-state index in [1.54, 1.807) is 34.7 Å². The maximum absolute atomic E-state index is 13.2. The summed E-state index contributed by atoms with van der Waals surface area (Å²) in [6, 6.07) is 13.3. The molecule has 1 amide bonds. The summed E-state index contributed by atoms with van der Waals surface area (Å²) in [5, 5.41) is 0.575. The fourth-order valence-electron chi connectivity index (χ4n) is 4.93. The molecule has 7 heteroatoms. The van der Waals surface area contributed by atoms with Gasteiger partial charge in [0.05, 0.1) is 29.7 Å². The second kappa shape index (κ2) is 8.89. The van der Waals surface area contributed by atoms with Gasteiger partial charge in [0.15, 0.2) is 0 Å². The molecule has 1 unspecified atom stereocenters. The zero-order chi connectivity index (χ0) is 22.9. The molecule has 0 fully saturated rings. The van der Waals surface area contributed by atoms with Crippen LogP contribution in [-0.4, -0.2) is 53.1 Å². The Morgan fingerprint density at radius 1 is 1.18 bits per heavy atom. The quantitative estimate of drug-likeness (QED) is 0.614. The summed E-state index contributed by atoms with van der Waals surface area (Å²) in [6.45, 7) is 4.93. The number of benzene rings is 2. The van der Waals surface area contributed by atoms with Crippen LogP contribution in [0.1, 0.15) is 42.4 Å². The molecule has 0 saturated carbocycles. The lowest BCUT2D eigenvalue weighted by Crippen LogP contribution is -2.46. The molecule has 0 N–H and O–H groups in total. The summed E-state index contributed by atoms with van der Waals surface area (Å²) in [5.41, 5.74) is 2.24. The Morgan fingerprint density at radius 2 is 2.03 bits per heavy atom. The highest BCUT2D eigenvalue weighted by atomic mass is 16.5. The number of carbonyl (C=O) groups is 1. The molecule has 3 aromatic rings. The number of para-hydroxylation sites is 2. The lowest BCUT2D eigenvalue weighted by Gasteiger charge is -2.37. The van der Waals surface area contributed by atoms with Gasteiger partial charge in [0, 0.05) is 32.1 Å². The van der Waals surface area contributed by atoms with Crippen molar-refractivity contribution in [2.24, 2.45) is 0 Å². The van der Waals surface area contributed by atoms with Crippen LogP contribution in [-0.2, 0) is 13.0 Å². The van der Waals surface area contributed by atoms with Crippen LogP contribution in [0.25, 0.3) is 10.9 Å². The van der Waals surface area contributed by atoms with Crippen LogP contribution < -0.4 is 15.2 Å². The Morgan fingerprint density at radius 3 is 2.88 bits per heavy atom. The molecule has 0 radical (unpaired) electrons. The van der Waals surface area contributed by atoms with Gasteiger partial charge in [0.1, 0.15) is 17.7 Å². The second-order valence-electron chi connectivity index (χ2n) is 8.96. The molecule has 7 nitrogen and oxygen atoms in total. The summed E-state index contributed by atoms with van der Waals surface area (Å²) >= 11 is 0. The lowest BCUT2D eigenvalue weighted by molar-refractivity contribution is 0.0709. The van der Waals surface area contributed by atoms with Crippen molar-refractivity contribution in [3.8, 4) is 5.75 Å². The van der Waals surface area contributed by atoms with Crippen LogP contribution in [0.2, 0.25) is 0 Å². The Hall–Kier alpha value is -3.35. The third-order valence-electron chi connectivity index (χ3n) is 6.69. The number of ether oxygens (including phenoxy) is 1. The van der Waals surface area contributed by atoms with Gasteiger partial charge in [0.25, 0.3) is 11.5 Å². The Kier molecular flexibility index (Phi) is 5.79. The molecular weight excluding hydrogens is 416 g/mol. The van der Waals surface area contributed by atoms with Crippen molar-refractivity contribution in [2.75, 3.05) is 31.6 Å². The van der Waals surface area contributed by atoms with Crippen LogP contribution in [0.3, 0.4) is 0 Å². The van der Waals surface area contributed by atoms with Crippen LogP contribution in [0.5, 0.6) is 5.75 Å². The largest absolute Gasteiger partial charge is 0.485 e. The van der Waals surface area contributed by atoms with E-state index in [-0.39, 0.29) is 17.6 Å². The van der Waals surface area contributed by atoms with Gasteiger partial charge in [-0.2, -0.15) is 0 Å². The molecular formula is C26H30N4O3. The zero-order valence-electron chi connectivity index (χ0n) is 19.3. The van der Waals surface area contributed by atoms with E-state index in [1.807, 2.05) is 18.2 Å². The van der Waals surface area contributed by atoms with Gasteiger partial charge in [0.2, 0.25) is 0 Å². The molecule has 0 spiro atoms. The number of nitrogens with zero attached hydrogens (tertiary/aromatic N) is 4. The fraction of sp³-hybridized carbons (Fsp3) is 0.423. The van der Waals surface area contributed by atoms with Crippen molar-refractivity contribution in [3.63, 3.8) is 0 Å². The molecule has 2 aliphatic heterocycles. The SMILES string of the molecule is CCN1CC(CN(C)C(=O)c2ccc3c(=O)n4c(nc3c2)CCCCC4)Oc2ccccc21. The number of carbonyl (C=O) groups excluding carboxylic acids is 1. The molecule has 0 aliphatic carbocycles. The van der Waals surface area contributed by atoms with Crippen molar-refractivity contribution in [3.05, 3.63) is 64.2 Å². The minimum atomic E-state index is -0.118. The van der Waals surface area contributed by atoms with Gasteiger partial charge < -0.3 is 14.5 Å². The van der Waals surface area contributed by atoms with Gasteiger partial charge in [-0.05, 0) is 50.1 Å². The van der Waals surface area contributed by atoms with Crippen molar-refractivity contribution in [1.82, 2.24) is 14.5 Å². The summed E-state index contributed by atoms with van der Waals surface area (Å²) in [6.07, 6.45) is 3.84. The van der Waals surface area contributed by atoms with Gasteiger partial charge in [-0.1, -0.05) is 18.6 Å². The Balaban J connectivity index is 1.37. The third kappa shape index (κ3) is 4.08. The Bertz CT molecular complexity index is 1250. The van der Waals surface area contributed by atoms with Crippen molar-refractivity contribution in [2.45, 2.75) is 45.3 Å². The molecule has 2 aliphatic rings. The average Bonchev–Trinajstić information content (AvgIpc) is 3.08. The second-order valence-corrected chi connectivity index (χ2v) is 8.96. The van der Waals surface area contributed by atoms with Gasteiger partial charge in [-0.25, -0.2) is 4.98 Å². The van der Waals surface area contributed by atoms with Crippen molar-refractivity contribution < 1.29 is 9.53 Å². The average molecular weight is 447 g/mol. The monoisotopic (exact) mass is 446 g/mol. The van der Waals surface area contributed by atoms with Crippen molar-refractivity contribution >= 4 is 22.5 Å². The van der Waals surface area contributed by atoms with E-state index >= 15 is 0 Å². The number of likely N-dealkylation sites (N-methyl/N-ethyl adjacent to an activating group) is 2. The number of anilines is 1. The van der Waals surface area contributed by atoms with E-state index in [0.29, 0.717) is 23.0 Å². The zero-order valence-corrected chi connectivity index (χ0v) is 19.3. The van der Waals surface area contributed by atoms with Gasteiger partial charge >= 0.3 is 0 Å². The number of aryl methyl sites for hydroxylation is 1. The summed E-state index contributed by atoms with van der Waals surface area (Å²) in [5.74, 6) is 1.59. The smallest absolute Gasteiger partial charge is 0.261 e. The highest BCUT2D eigenvalue weighted by Crippen LogP contribution is 2.33. The highest BCUT2D eigenvalue weighted by molar-refractivity contribution is 5.97. The predicted octanol–water partition coefficient (Wildman–Crippen LogP) is 3.48. The lowest BCUT2D eigenvalue weighted by atomic mass is 10.1.